The Morgan fingerprint density at radius 2 is 1.82 bits per heavy atom. The van der Waals surface area contributed by atoms with E-state index in [1.54, 1.807) is 0 Å². The number of unbranched alkanes of at least 4 members (excludes halogenated alkanes) is 2. The quantitative estimate of drug-likeness (QED) is 0.603. The molecule has 0 amide bonds. The predicted molar refractivity (Wildman–Crippen MR) is 96.9 cm³/mol. The second-order valence-corrected chi connectivity index (χ2v) is 7.40. The minimum absolute atomic E-state index is 0.234. The van der Waals surface area contributed by atoms with E-state index in [0.29, 0.717) is 0 Å². The summed E-state index contributed by atoms with van der Waals surface area (Å²) < 4.78 is 2.53. The molecule has 2 aromatic rings. The number of anilines is 1. The number of benzene rings is 2. The molecular formula is C19H20N2Se. The number of hydrogen-bond donors (Lipinski definition) is 1. The van der Waals surface area contributed by atoms with Crippen LogP contribution in [0.2, 0.25) is 0 Å². The fraction of sp³-hybridized carbons (Fsp3) is 0.211. The molecule has 112 valence electrons. The minimum atomic E-state index is 0.234. The normalized spacial score (nSPS) is 15.3. The van der Waals surface area contributed by atoms with Crippen molar-refractivity contribution in [3.8, 4) is 0 Å². The second kappa shape index (κ2) is 7.44. The maximum atomic E-state index is 4.81. The Balaban J connectivity index is 1.87. The first-order chi connectivity index (χ1) is 10.9. The molecule has 3 rings (SSSR count). The number of fused-ring (bicyclic) bond motifs is 1. The van der Waals surface area contributed by atoms with E-state index in [1.165, 1.54) is 22.9 Å². The zero-order chi connectivity index (χ0) is 15.2. The van der Waals surface area contributed by atoms with E-state index in [1.807, 2.05) is 18.2 Å². The van der Waals surface area contributed by atoms with Gasteiger partial charge >= 0.3 is 138 Å². The average Bonchev–Trinajstić information content (AvgIpc) is 2.56. The first-order valence-electron chi connectivity index (χ1n) is 7.75. The van der Waals surface area contributed by atoms with Gasteiger partial charge in [-0.25, -0.2) is 0 Å². The van der Waals surface area contributed by atoms with Gasteiger partial charge in [-0.1, -0.05) is 0 Å². The van der Waals surface area contributed by atoms with Crippen LogP contribution in [0.1, 0.15) is 31.7 Å². The third-order valence-corrected chi connectivity index (χ3v) is 5.59. The van der Waals surface area contributed by atoms with Gasteiger partial charge in [-0.15, -0.1) is 0 Å². The molecule has 2 nitrogen and oxygen atoms in total. The van der Waals surface area contributed by atoms with E-state index in [0.717, 1.165) is 22.5 Å². The third kappa shape index (κ3) is 3.68. The Bertz CT molecular complexity index is 690. The summed E-state index contributed by atoms with van der Waals surface area (Å²) in [4.78, 5) is 4.81. The number of aliphatic imine (C=N–C) groups is 1. The van der Waals surface area contributed by atoms with Gasteiger partial charge in [0.15, 0.2) is 0 Å². The Kier molecular flexibility index (Phi) is 5.10. The Hall–Kier alpha value is -1.83. The summed E-state index contributed by atoms with van der Waals surface area (Å²) in [7, 11) is 0. The number of amidine groups is 1. The van der Waals surface area contributed by atoms with Gasteiger partial charge in [0.25, 0.3) is 0 Å². The summed E-state index contributed by atoms with van der Waals surface area (Å²) in [5, 5.41) is 3.48. The molecule has 0 saturated carbocycles. The first-order valence-corrected chi connectivity index (χ1v) is 9.46. The summed E-state index contributed by atoms with van der Waals surface area (Å²) in [5.41, 5.74) is 3.49. The summed E-state index contributed by atoms with van der Waals surface area (Å²) in [6.45, 7) is 2.24. The molecule has 22 heavy (non-hydrogen) atoms. The van der Waals surface area contributed by atoms with Gasteiger partial charge in [0.2, 0.25) is 0 Å². The van der Waals surface area contributed by atoms with Crippen molar-refractivity contribution in [3.63, 3.8) is 0 Å². The number of rotatable bonds is 4. The first kappa shape index (κ1) is 15.1. The van der Waals surface area contributed by atoms with E-state index < -0.39 is 0 Å². The molecule has 1 aliphatic heterocycles. The van der Waals surface area contributed by atoms with Crippen molar-refractivity contribution in [1.29, 1.82) is 0 Å². The van der Waals surface area contributed by atoms with Gasteiger partial charge in [-0.3, -0.25) is 0 Å². The van der Waals surface area contributed by atoms with Crippen LogP contribution in [0.5, 0.6) is 0 Å². The van der Waals surface area contributed by atoms with Gasteiger partial charge in [-0.05, 0) is 0 Å². The van der Waals surface area contributed by atoms with Crippen LogP contribution in [0.3, 0.4) is 0 Å². The molecule has 1 heterocycles. The number of hydrogen-bond acceptors (Lipinski definition) is 2. The molecule has 2 aromatic carbocycles. The van der Waals surface area contributed by atoms with E-state index in [-0.39, 0.29) is 15.0 Å². The van der Waals surface area contributed by atoms with Crippen LogP contribution in [-0.4, -0.2) is 19.7 Å². The molecule has 0 aliphatic carbocycles. The molecular weight excluding hydrogens is 335 g/mol. The van der Waals surface area contributed by atoms with Crippen LogP contribution < -0.4 is 5.32 Å². The standard InChI is InChI=1S/C19H20N2Se/c1-2-3-5-14-18-16-12-8-9-13-17(16)21-19(22-18)20-15-10-6-4-7-11-15/h4,6-14H,2-3,5H2,1H3,(H,20,21)/b18-14+. The van der Waals surface area contributed by atoms with E-state index in [2.05, 4.69) is 54.7 Å². The van der Waals surface area contributed by atoms with Crippen molar-refractivity contribution in [2.45, 2.75) is 26.2 Å². The molecule has 0 spiro atoms. The van der Waals surface area contributed by atoms with Crippen molar-refractivity contribution in [2.24, 2.45) is 4.99 Å². The second-order valence-electron chi connectivity index (χ2n) is 5.24. The van der Waals surface area contributed by atoms with Crippen molar-refractivity contribution in [3.05, 3.63) is 66.2 Å². The Morgan fingerprint density at radius 3 is 2.64 bits per heavy atom. The molecule has 0 bridgehead atoms. The van der Waals surface area contributed by atoms with Crippen LogP contribution in [-0.2, 0) is 0 Å². The molecule has 3 heteroatoms. The molecule has 0 saturated heterocycles. The zero-order valence-corrected chi connectivity index (χ0v) is 14.5. The predicted octanol–water partition coefficient (Wildman–Crippen LogP) is 5.04. The van der Waals surface area contributed by atoms with Gasteiger partial charge in [0, 0.05) is 0 Å². The van der Waals surface area contributed by atoms with Crippen LogP contribution >= 0.6 is 0 Å². The summed E-state index contributed by atoms with van der Waals surface area (Å²) in [5.74, 6) is 0. The van der Waals surface area contributed by atoms with Crippen LogP contribution in [0, 0.1) is 0 Å². The van der Waals surface area contributed by atoms with Gasteiger partial charge in [0.05, 0.1) is 0 Å². The zero-order valence-electron chi connectivity index (χ0n) is 12.8. The van der Waals surface area contributed by atoms with Crippen LogP contribution in [0.15, 0.2) is 65.7 Å². The third-order valence-electron chi connectivity index (χ3n) is 3.51. The van der Waals surface area contributed by atoms with Crippen molar-refractivity contribution < 1.29 is 0 Å². The van der Waals surface area contributed by atoms with Gasteiger partial charge in [0.1, 0.15) is 0 Å². The molecule has 1 N–H and O–H groups in total. The van der Waals surface area contributed by atoms with Gasteiger partial charge < -0.3 is 0 Å². The number of allylic oxidation sites excluding steroid dienone is 1. The maximum absolute atomic E-state index is 4.81. The van der Waals surface area contributed by atoms with Crippen molar-refractivity contribution >= 4 is 35.5 Å². The monoisotopic (exact) mass is 356 g/mol. The Labute approximate surface area is 138 Å². The van der Waals surface area contributed by atoms with E-state index in [4.69, 9.17) is 4.99 Å². The molecule has 0 unspecified atom stereocenters. The van der Waals surface area contributed by atoms with Crippen LogP contribution in [0.4, 0.5) is 11.4 Å². The van der Waals surface area contributed by atoms with E-state index >= 15 is 0 Å². The average molecular weight is 355 g/mol. The number of para-hydroxylation sites is 2. The summed E-state index contributed by atoms with van der Waals surface area (Å²) in [6, 6.07) is 18.7. The fourth-order valence-electron chi connectivity index (χ4n) is 2.36. The number of nitrogens with one attached hydrogen (secondary N) is 1. The SMILES string of the molecule is CCCC/C=C1/[Se]C(Nc2ccccc2)=Nc2ccccc21. The summed E-state index contributed by atoms with van der Waals surface area (Å²) in [6.07, 6.45) is 6.05. The molecule has 1 aliphatic rings. The molecule has 0 aromatic heterocycles. The molecule has 0 atom stereocenters. The fourth-order valence-corrected chi connectivity index (χ4v) is 4.47. The molecule has 0 radical (unpaired) electrons. The van der Waals surface area contributed by atoms with E-state index in [9.17, 15) is 0 Å². The topological polar surface area (TPSA) is 24.4 Å². The summed E-state index contributed by atoms with van der Waals surface area (Å²) >= 11 is 0.234. The number of nitrogens with zero attached hydrogens (tertiary/aromatic N) is 1. The van der Waals surface area contributed by atoms with Crippen molar-refractivity contribution in [1.82, 2.24) is 0 Å². The van der Waals surface area contributed by atoms with Crippen LogP contribution in [0.25, 0.3) is 4.47 Å². The Morgan fingerprint density at radius 1 is 1.05 bits per heavy atom. The molecule has 0 fully saturated rings. The van der Waals surface area contributed by atoms with Gasteiger partial charge in [-0.2, -0.15) is 0 Å². The van der Waals surface area contributed by atoms with Crippen molar-refractivity contribution in [2.75, 3.05) is 5.32 Å².